The number of H-pyrrole nitrogens is 1. The first-order valence-corrected chi connectivity index (χ1v) is 8.07. The lowest BCUT2D eigenvalue weighted by Gasteiger charge is -2.13. The summed E-state index contributed by atoms with van der Waals surface area (Å²) in [7, 11) is 0. The highest BCUT2D eigenvalue weighted by Crippen LogP contribution is 2.16. The normalized spacial score (nSPS) is 11.9. The maximum absolute atomic E-state index is 12.1. The smallest absolute Gasteiger partial charge is 0.359 e. The Morgan fingerprint density at radius 2 is 1.84 bits per heavy atom. The number of fused-ring (bicyclic) bond motifs is 1. The first-order valence-electron chi connectivity index (χ1n) is 8.07. The Morgan fingerprint density at radius 3 is 2.64 bits per heavy atom. The Morgan fingerprint density at radius 1 is 1.12 bits per heavy atom. The number of rotatable bonds is 6. The molecule has 6 heteroatoms. The molecule has 0 saturated carbocycles. The maximum atomic E-state index is 12.1. The third-order valence-electron chi connectivity index (χ3n) is 3.97. The first kappa shape index (κ1) is 16.7. The molecular weight excluding hydrogens is 318 g/mol. The molecule has 2 N–H and O–H groups in total. The van der Waals surface area contributed by atoms with E-state index in [0.717, 1.165) is 11.1 Å². The fourth-order valence-corrected chi connectivity index (χ4v) is 2.54. The predicted octanol–water partition coefficient (Wildman–Crippen LogP) is 2.64. The number of ether oxygens (including phenoxy) is 1. The van der Waals surface area contributed by atoms with Gasteiger partial charge >= 0.3 is 5.97 Å². The number of aromatic amines is 1. The molecule has 128 valence electrons. The molecule has 0 saturated heterocycles. The van der Waals surface area contributed by atoms with Crippen molar-refractivity contribution in [2.45, 2.75) is 12.8 Å². The van der Waals surface area contributed by atoms with Crippen molar-refractivity contribution in [2.24, 2.45) is 0 Å². The van der Waals surface area contributed by atoms with E-state index in [1.807, 2.05) is 55.5 Å². The summed E-state index contributed by atoms with van der Waals surface area (Å²) in [6.45, 7) is 2.17. The first-order chi connectivity index (χ1) is 12.1. The topological polar surface area (TPSA) is 84.1 Å². The maximum Gasteiger partial charge on any atom is 0.359 e. The lowest BCUT2D eigenvalue weighted by atomic mass is 10.0. The molecule has 1 atom stereocenters. The summed E-state index contributed by atoms with van der Waals surface area (Å²) in [5.74, 6) is -0.782. The van der Waals surface area contributed by atoms with Crippen LogP contribution in [-0.4, -0.2) is 35.2 Å². The van der Waals surface area contributed by atoms with Crippen LogP contribution in [0.25, 0.3) is 10.9 Å². The second kappa shape index (κ2) is 7.61. The van der Waals surface area contributed by atoms with Gasteiger partial charge in [-0.2, -0.15) is 5.10 Å². The highest BCUT2D eigenvalue weighted by atomic mass is 16.5. The molecule has 0 radical (unpaired) electrons. The molecule has 0 bridgehead atoms. The summed E-state index contributed by atoms with van der Waals surface area (Å²) < 4.78 is 5.06. The SMILES string of the molecule is CC(CNC(=O)COC(=O)c1n[nH]c2ccccc12)c1ccccc1. The second-order valence-corrected chi connectivity index (χ2v) is 5.81. The van der Waals surface area contributed by atoms with Crippen molar-refractivity contribution in [2.75, 3.05) is 13.2 Å². The molecule has 0 fully saturated rings. The number of benzene rings is 2. The number of hydrogen-bond donors (Lipinski definition) is 2. The quantitative estimate of drug-likeness (QED) is 0.677. The standard InChI is InChI=1S/C19H19N3O3/c1-13(14-7-3-2-4-8-14)11-20-17(23)12-25-19(24)18-15-9-5-6-10-16(15)21-22-18/h2-10,13H,11-12H2,1H3,(H,20,23)(H,21,22). The number of nitrogens with zero attached hydrogens (tertiary/aromatic N) is 1. The number of esters is 1. The third-order valence-corrected chi connectivity index (χ3v) is 3.97. The monoisotopic (exact) mass is 337 g/mol. The molecule has 0 aliphatic carbocycles. The number of para-hydroxylation sites is 1. The summed E-state index contributed by atoms with van der Waals surface area (Å²) >= 11 is 0. The molecule has 3 aromatic rings. The molecule has 25 heavy (non-hydrogen) atoms. The number of hydrogen-bond acceptors (Lipinski definition) is 4. The number of aromatic nitrogens is 2. The molecule has 0 aliphatic heterocycles. The highest BCUT2D eigenvalue weighted by Gasteiger charge is 2.17. The summed E-state index contributed by atoms with van der Waals surface area (Å²) in [4.78, 5) is 24.0. The Bertz CT molecular complexity index is 874. The van der Waals surface area contributed by atoms with Crippen LogP contribution in [0.15, 0.2) is 54.6 Å². The second-order valence-electron chi connectivity index (χ2n) is 5.81. The predicted molar refractivity (Wildman–Crippen MR) is 94.2 cm³/mol. The van der Waals surface area contributed by atoms with Crippen molar-refractivity contribution in [3.63, 3.8) is 0 Å². The summed E-state index contributed by atoms with van der Waals surface area (Å²) in [5, 5.41) is 10.2. The molecular formula is C19H19N3O3. The fourth-order valence-electron chi connectivity index (χ4n) is 2.54. The Kier molecular flexibility index (Phi) is 5.09. The zero-order valence-corrected chi connectivity index (χ0v) is 13.9. The van der Waals surface area contributed by atoms with E-state index in [0.29, 0.717) is 11.9 Å². The van der Waals surface area contributed by atoms with Crippen LogP contribution in [0, 0.1) is 0 Å². The largest absolute Gasteiger partial charge is 0.451 e. The molecule has 2 aromatic carbocycles. The third kappa shape index (κ3) is 4.03. The van der Waals surface area contributed by atoms with Crippen LogP contribution in [0.5, 0.6) is 0 Å². The van der Waals surface area contributed by atoms with Crippen LogP contribution < -0.4 is 5.32 Å². The minimum Gasteiger partial charge on any atom is -0.451 e. The molecule has 1 unspecified atom stereocenters. The van der Waals surface area contributed by atoms with Gasteiger partial charge in [0.15, 0.2) is 12.3 Å². The van der Waals surface area contributed by atoms with Gasteiger partial charge < -0.3 is 10.1 Å². The van der Waals surface area contributed by atoms with Crippen molar-refractivity contribution in [3.8, 4) is 0 Å². The molecule has 1 aromatic heterocycles. The minimum atomic E-state index is -0.622. The van der Waals surface area contributed by atoms with Crippen molar-refractivity contribution in [1.29, 1.82) is 0 Å². The van der Waals surface area contributed by atoms with Gasteiger partial charge in [-0.25, -0.2) is 4.79 Å². The molecule has 1 amide bonds. The fraction of sp³-hybridized carbons (Fsp3) is 0.211. The van der Waals surface area contributed by atoms with Gasteiger partial charge in [-0.05, 0) is 17.5 Å². The number of nitrogens with one attached hydrogen (secondary N) is 2. The number of carbonyl (C=O) groups excluding carboxylic acids is 2. The van der Waals surface area contributed by atoms with Crippen LogP contribution in [0.1, 0.15) is 28.9 Å². The Hall–Kier alpha value is -3.15. The molecule has 0 aliphatic rings. The number of amides is 1. The minimum absolute atomic E-state index is 0.177. The van der Waals surface area contributed by atoms with Crippen LogP contribution in [0.2, 0.25) is 0 Å². The average molecular weight is 337 g/mol. The highest BCUT2D eigenvalue weighted by molar-refractivity contribution is 6.02. The van der Waals surface area contributed by atoms with Crippen LogP contribution in [0.4, 0.5) is 0 Å². The van der Waals surface area contributed by atoms with E-state index in [1.165, 1.54) is 0 Å². The van der Waals surface area contributed by atoms with Crippen molar-refractivity contribution < 1.29 is 14.3 Å². The lowest BCUT2D eigenvalue weighted by Crippen LogP contribution is -2.31. The van der Waals surface area contributed by atoms with E-state index in [9.17, 15) is 9.59 Å². The van der Waals surface area contributed by atoms with E-state index >= 15 is 0 Å². The van der Waals surface area contributed by atoms with Gasteiger partial charge in [0.25, 0.3) is 5.91 Å². The Labute approximate surface area is 145 Å². The van der Waals surface area contributed by atoms with Crippen molar-refractivity contribution in [1.82, 2.24) is 15.5 Å². The van der Waals surface area contributed by atoms with Crippen LogP contribution >= 0.6 is 0 Å². The van der Waals surface area contributed by atoms with Crippen molar-refractivity contribution >= 4 is 22.8 Å². The Balaban J connectivity index is 1.50. The lowest BCUT2D eigenvalue weighted by molar-refractivity contribution is -0.124. The molecule has 1 heterocycles. The van der Waals surface area contributed by atoms with Gasteiger partial charge in [-0.1, -0.05) is 55.5 Å². The van der Waals surface area contributed by atoms with Gasteiger partial charge in [0.05, 0.1) is 5.52 Å². The van der Waals surface area contributed by atoms with Crippen LogP contribution in [-0.2, 0) is 9.53 Å². The summed E-state index contributed by atoms with van der Waals surface area (Å²) in [5.41, 5.74) is 2.07. The van der Waals surface area contributed by atoms with E-state index in [2.05, 4.69) is 15.5 Å². The van der Waals surface area contributed by atoms with Crippen molar-refractivity contribution in [3.05, 3.63) is 65.9 Å². The molecule has 6 nitrogen and oxygen atoms in total. The van der Waals surface area contributed by atoms with Gasteiger partial charge in [-0.3, -0.25) is 9.89 Å². The number of carbonyl (C=O) groups is 2. The van der Waals surface area contributed by atoms with Crippen LogP contribution in [0.3, 0.4) is 0 Å². The zero-order valence-electron chi connectivity index (χ0n) is 13.9. The summed E-state index contributed by atoms with van der Waals surface area (Å²) in [6, 6.07) is 17.1. The van der Waals surface area contributed by atoms with E-state index in [-0.39, 0.29) is 24.1 Å². The van der Waals surface area contributed by atoms with E-state index in [1.54, 1.807) is 6.07 Å². The van der Waals surface area contributed by atoms with E-state index in [4.69, 9.17) is 4.74 Å². The zero-order chi connectivity index (χ0) is 17.6. The molecule has 3 rings (SSSR count). The summed E-state index contributed by atoms with van der Waals surface area (Å²) in [6.07, 6.45) is 0. The van der Waals surface area contributed by atoms with Gasteiger partial charge in [0.2, 0.25) is 0 Å². The van der Waals surface area contributed by atoms with Gasteiger partial charge in [0, 0.05) is 11.9 Å². The molecule has 0 spiro atoms. The van der Waals surface area contributed by atoms with Gasteiger partial charge in [-0.15, -0.1) is 0 Å². The van der Waals surface area contributed by atoms with Gasteiger partial charge in [0.1, 0.15) is 0 Å². The van der Waals surface area contributed by atoms with E-state index < -0.39 is 5.97 Å². The average Bonchev–Trinajstić information content (AvgIpc) is 3.09.